The van der Waals surface area contributed by atoms with Crippen LogP contribution in [0.5, 0.6) is 5.75 Å². The highest BCUT2D eigenvalue weighted by atomic mass is 35.5. The smallest absolute Gasteiger partial charge is 0.212 e. The first kappa shape index (κ1) is 16.1. The summed E-state index contributed by atoms with van der Waals surface area (Å²) in [6.45, 7) is 0. The van der Waals surface area contributed by atoms with Crippen LogP contribution in [0.1, 0.15) is 5.56 Å². The van der Waals surface area contributed by atoms with Crippen molar-refractivity contribution in [1.29, 1.82) is 0 Å². The van der Waals surface area contributed by atoms with Crippen LogP contribution in [0.4, 0.5) is 4.39 Å². The van der Waals surface area contributed by atoms with E-state index in [9.17, 15) is 4.39 Å². The topological polar surface area (TPSA) is 52.3 Å². The number of aromatic nitrogens is 3. The normalized spacial score (nSPS) is 13.3. The molecule has 0 saturated heterocycles. The Balaban J connectivity index is 1.75. The zero-order valence-corrected chi connectivity index (χ0v) is 14.7. The second-order valence-corrected chi connectivity index (χ2v) is 6.66. The maximum absolute atomic E-state index is 13.4. The molecule has 25 heavy (non-hydrogen) atoms. The van der Waals surface area contributed by atoms with Crippen molar-refractivity contribution >= 4 is 29.1 Å². The molecule has 0 unspecified atom stereocenters. The third-order valence-corrected chi connectivity index (χ3v) is 4.99. The molecule has 126 valence electrons. The largest absolute Gasteiger partial charge is 0.497 e. The van der Waals surface area contributed by atoms with E-state index in [0.29, 0.717) is 22.3 Å². The minimum absolute atomic E-state index is 0.0395. The van der Waals surface area contributed by atoms with Gasteiger partial charge in [-0.25, -0.2) is 4.39 Å². The second kappa shape index (κ2) is 6.50. The molecule has 2 heterocycles. The Hall–Kier alpha value is -2.38. The van der Waals surface area contributed by atoms with Gasteiger partial charge in [-0.15, -0.1) is 10.2 Å². The van der Waals surface area contributed by atoms with E-state index in [-0.39, 0.29) is 5.02 Å². The number of thioether (sulfide) groups is 1. The molecule has 3 aromatic rings. The summed E-state index contributed by atoms with van der Waals surface area (Å²) >= 11 is 7.43. The lowest BCUT2D eigenvalue weighted by Gasteiger charge is -2.14. The number of halogens is 2. The van der Waals surface area contributed by atoms with Crippen molar-refractivity contribution in [2.24, 2.45) is 5.10 Å². The Morgan fingerprint density at radius 3 is 2.60 bits per heavy atom. The van der Waals surface area contributed by atoms with E-state index in [0.717, 1.165) is 17.0 Å². The van der Waals surface area contributed by atoms with Crippen molar-refractivity contribution in [2.45, 2.75) is 5.16 Å². The summed E-state index contributed by atoms with van der Waals surface area (Å²) in [5, 5.41) is 13.7. The van der Waals surface area contributed by atoms with Crippen molar-refractivity contribution in [3.05, 3.63) is 58.9 Å². The Labute approximate surface area is 152 Å². The predicted molar refractivity (Wildman–Crippen MR) is 96.1 cm³/mol. The molecular formula is C17H12ClFN4OS. The van der Waals surface area contributed by atoms with Crippen molar-refractivity contribution in [1.82, 2.24) is 14.9 Å². The van der Waals surface area contributed by atoms with Gasteiger partial charge in [0, 0.05) is 11.3 Å². The molecular weight excluding hydrogens is 363 g/mol. The minimum atomic E-state index is -0.472. The first-order valence-corrected chi connectivity index (χ1v) is 8.78. The minimum Gasteiger partial charge on any atom is -0.497 e. The molecule has 0 fully saturated rings. The van der Waals surface area contributed by atoms with Crippen LogP contribution in [0.3, 0.4) is 0 Å². The van der Waals surface area contributed by atoms with Gasteiger partial charge in [0.05, 0.1) is 17.8 Å². The van der Waals surface area contributed by atoms with Gasteiger partial charge in [-0.3, -0.25) is 0 Å². The van der Waals surface area contributed by atoms with Gasteiger partial charge in [0.2, 0.25) is 5.16 Å². The van der Waals surface area contributed by atoms with Gasteiger partial charge in [0.15, 0.2) is 5.82 Å². The lowest BCUT2D eigenvalue weighted by molar-refractivity contribution is 0.415. The molecule has 0 atom stereocenters. The molecule has 0 aliphatic carbocycles. The summed E-state index contributed by atoms with van der Waals surface area (Å²) in [6, 6.07) is 12.2. The van der Waals surface area contributed by atoms with E-state index >= 15 is 0 Å². The van der Waals surface area contributed by atoms with Crippen LogP contribution in [0, 0.1) is 5.82 Å². The van der Waals surface area contributed by atoms with E-state index in [2.05, 4.69) is 15.3 Å². The fourth-order valence-corrected chi connectivity index (χ4v) is 3.49. The molecule has 0 amide bonds. The lowest BCUT2D eigenvalue weighted by atomic mass is 10.1. The van der Waals surface area contributed by atoms with Crippen LogP contribution in [-0.4, -0.2) is 33.4 Å². The molecule has 0 bridgehead atoms. The highest BCUT2D eigenvalue weighted by Gasteiger charge is 2.21. The molecule has 1 aliphatic heterocycles. The molecule has 4 rings (SSSR count). The van der Waals surface area contributed by atoms with Gasteiger partial charge in [-0.2, -0.15) is 9.78 Å². The summed E-state index contributed by atoms with van der Waals surface area (Å²) in [5.74, 6) is 1.53. The maximum atomic E-state index is 13.4. The molecule has 0 radical (unpaired) electrons. The van der Waals surface area contributed by atoms with Crippen molar-refractivity contribution in [2.75, 3.05) is 12.9 Å². The third-order valence-electron chi connectivity index (χ3n) is 3.77. The number of nitrogens with zero attached hydrogens (tertiary/aromatic N) is 4. The van der Waals surface area contributed by atoms with Gasteiger partial charge >= 0.3 is 0 Å². The average Bonchev–Trinajstić information content (AvgIpc) is 3.07. The highest BCUT2D eigenvalue weighted by Crippen LogP contribution is 2.30. The Bertz CT molecular complexity index is 971. The van der Waals surface area contributed by atoms with E-state index in [1.165, 1.54) is 12.1 Å². The molecule has 1 aromatic heterocycles. The van der Waals surface area contributed by atoms with Crippen LogP contribution in [-0.2, 0) is 0 Å². The third kappa shape index (κ3) is 3.01. The van der Waals surface area contributed by atoms with Crippen LogP contribution >= 0.6 is 23.4 Å². The highest BCUT2D eigenvalue weighted by molar-refractivity contribution is 7.99. The number of ether oxygens (including phenoxy) is 1. The number of hydrogen-bond acceptors (Lipinski definition) is 5. The number of fused-ring (bicyclic) bond motifs is 1. The van der Waals surface area contributed by atoms with Gasteiger partial charge in [-0.1, -0.05) is 23.4 Å². The zero-order chi connectivity index (χ0) is 17.4. The summed E-state index contributed by atoms with van der Waals surface area (Å²) in [5.41, 5.74) is 2.55. The van der Waals surface area contributed by atoms with Crippen molar-refractivity contribution in [3.8, 4) is 17.1 Å². The number of rotatable bonds is 3. The fourth-order valence-electron chi connectivity index (χ4n) is 2.47. The van der Waals surface area contributed by atoms with Gasteiger partial charge in [0.25, 0.3) is 0 Å². The first-order valence-electron chi connectivity index (χ1n) is 7.41. The maximum Gasteiger partial charge on any atom is 0.212 e. The Kier molecular flexibility index (Phi) is 4.19. The summed E-state index contributed by atoms with van der Waals surface area (Å²) in [7, 11) is 1.63. The molecule has 0 saturated carbocycles. The second-order valence-electron chi connectivity index (χ2n) is 5.31. The zero-order valence-electron chi connectivity index (χ0n) is 13.1. The Morgan fingerprint density at radius 2 is 1.88 bits per heavy atom. The standard InChI is InChI=1S/C17H12ClFN4OS/c1-24-12-5-2-10(3-6-12)15-9-25-17-21-20-16(23(17)22-15)11-4-7-14(19)13(18)8-11/h2-8H,9H2,1H3. The van der Waals surface area contributed by atoms with Gasteiger partial charge < -0.3 is 4.74 Å². The number of benzene rings is 2. The van der Waals surface area contributed by atoms with E-state index in [4.69, 9.17) is 16.3 Å². The van der Waals surface area contributed by atoms with E-state index < -0.39 is 5.82 Å². The Morgan fingerprint density at radius 1 is 1.12 bits per heavy atom. The van der Waals surface area contributed by atoms with Crippen molar-refractivity contribution in [3.63, 3.8) is 0 Å². The van der Waals surface area contributed by atoms with E-state index in [1.807, 2.05) is 24.3 Å². The first-order chi connectivity index (χ1) is 12.2. The summed E-state index contributed by atoms with van der Waals surface area (Å²) in [6.07, 6.45) is 0. The monoisotopic (exact) mass is 374 g/mol. The molecule has 5 nitrogen and oxygen atoms in total. The van der Waals surface area contributed by atoms with Gasteiger partial charge in [-0.05, 0) is 48.0 Å². The van der Waals surface area contributed by atoms with Crippen molar-refractivity contribution < 1.29 is 9.13 Å². The van der Waals surface area contributed by atoms with Crippen LogP contribution < -0.4 is 4.74 Å². The van der Waals surface area contributed by atoms with Crippen LogP contribution in [0.15, 0.2) is 52.7 Å². The fraction of sp³-hybridized carbons (Fsp3) is 0.118. The SMILES string of the molecule is COc1ccc(C2=Nn3c(nnc3-c3ccc(F)c(Cl)c3)SC2)cc1. The summed E-state index contributed by atoms with van der Waals surface area (Å²) in [4.78, 5) is 0. The predicted octanol–water partition coefficient (Wildman–Crippen LogP) is 4.10. The molecule has 8 heteroatoms. The molecule has 0 N–H and O–H groups in total. The molecule has 1 aliphatic rings. The summed E-state index contributed by atoms with van der Waals surface area (Å²) < 4.78 is 20.3. The van der Waals surface area contributed by atoms with E-state index in [1.54, 1.807) is 29.6 Å². The van der Waals surface area contributed by atoms with Crippen LogP contribution in [0.2, 0.25) is 5.02 Å². The number of hydrogen-bond donors (Lipinski definition) is 0. The molecule has 0 spiro atoms. The lowest BCUT2D eigenvalue weighted by Crippen LogP contribution is -2.13. The number of methoxy groups -OCH3 is 1. The van der Waals surface area contributed by atoms with Gasteiger partial charge in [0.1, 0.15) is 11.6 Å². The molecule has 2 aromatic carbocycles. The quantitative estimate of drug-likeness (QED) is 0.692. The average molecular weight is 375 g/mol. The van der Waals surface area contributed by atoms with Crippen LogP contribution in [0.25, 0.3) is 11.4 Å².